The Morgan fingerprint density at radius 1 is 1.17 bits per heavy atom. The van der Waals surface area contributed by atoms with E-state index < -0.39 is 13.9 Å². The van der Waals surface area contributed by atoms with Crippen molar-refractivity contribution in [2.24, 2.45) is 0 Å². The van der Waals surface area contributed by atoms with Gasteiger partial charge in [0.25, 0.3) is 0 Å². The topological polar surface area (TPSA) is 35.5 Å². The maximum absolute atomic E-state index is 11.0. The van der Waals surface area contributed by atoms with Gasteiger partial charge in [-0.05, 0) is 37.6 Å². The lowest BCUT2D eigenvalue weighted by molar-refractivity contribution is -0.150. The Hall–Kier alpha value is -0.613. The molecule has 0 saturated carbocycles. The van der Waals surface area contributed by atoms with Crippen molar-refractivity contribution in [3.63, 3.8) is 0 Å². The lowest BCUT2D eigenvalue weighted by Crippen LogP contribution is -2.42. The third-order valence-corrected chi connectivity index (χ3v) is 8.14. The van der Waals surface area contributed by atoms with Crippen LogP contribution < -0.4 is 0 Å². The van der Waals surface area contributed by atoms with Crippen LogP contribution in [0.4, 0.5) is 0 Å². The fraction of sp³-hybridized carbons (Fsp3) is 0.786. The minimum absolute atomic E-state index is 0.166. The van der Waals surface area contributed by atoms with Gasteiger partial charge in [0.1, 0.15) is 5.60 Å². The molecule has 0 aromatic heterocycles. The molecular weight excluding hydrogens is 244 g/mol. The molecule has 0 spiro atoms. The Kier molecular flexibility index (Phi) is 5.38. The molecule has 0 unspecified atom stereocenters. The normalized spacial score (nSPS) is 13.3. The molecule has 0 atom stereocenters. The summed E-state index contributed by atoms with van der Waals surface area (Å²) < 4.78 is 11.3. The highest BCUT2D eigenvalue weighted by atomic mass is 28.4. The van der Waals surface area contributed by atoms with Gasteiger partial charge in [-0.3, -0.25) is 4.79 Å². The molecule has 0 heterocycles. The van der Waals surface area contributed by atoms with Gasteiger partial charge in [-0.2, -0.15) is 0 Å². The molecule has 0 radical (unpaired) electrons. The van der Waals surface area contributed by atoms with Gasteiger partial charge in [-0.1, -0.05) is 27.4 Å². The molecule has 0 rings (SSSR count). The van der Waals surface area contributed by atoms with E-state index in [1.807, 2.05) is 13.8 Å². The van der Waals surface area contributed by atoms with Gasteiger partial charge in [-0.25, -0.2) is 0 Å². The van der Waals surface area contributed by atoms with Crippen LogP contribution in [0.3, 0.4) is 0 Å². The summed E-state index contributed by atoms with van der Waals surface area (Å²) in [4.78, 5) is 11.0. The standard InChI is InChI=1S/C14H28O3Si/c1-11(14(6,7)17-12(2)15)10-16-18(8,9)13(3,4)5/h1,10H2,2-9H3. The van der Waals surface area contributed by atoms with E-state index in [9.17, 15) is 4.79 Å². The molecule has 0 aromatic carbocycles. The smallest absolute Gasteiger partial charge is 0.303 e. The third kappa shape index (κ3) is 4.94. The molecule has 0 bridgehead atoms. The van der Waals surface area contributed by atoms with Gasteiger partial charge in [0.15, 0.2) is 8.32 Å². The summed E-state index contributed by atoms with van der Waals surface area (Å²) in [5.74, 6) is -0.298. The van der Waals surface area contributed by atoms with E-state index >= 15 is 0 Å². The number of hydrogen-bond donors (Lipinski definition) is 0. The van der Waals surface area contributed by atoms with E-state index in [2.05, 4.69) is 40.4 Å². The van der Waals surface area contributed by atoms with Gasteiger partial charge >= 0.3 is 5.97 Å². The summed E-state index contributed by atoms with van der Waals surface area (Å²) in [6, 6.07) is 0. The van der Waals surface area contributed by atoms with Crippen molar-refractivity contribution >= 4 is 14.3 Å². The van der Waals surface area contributed by atoms with Gasteiger partial charge in [0, 0.05) is 6.92 Å². The van der Waals surface area contributed by atoms with E-state index in [-0.39, 0.29) is 11.0 Å². The maximum atomic E-state index is 11.0. The molecule has 4 heteroatoms. The van der Waals surface area contributed by atoms with E-state index in [1.54, 1.807) is 0 Å². The van der Waals surface area contributed by atoms with Gasteiger partial charge in [0.2, 0.25) is 0 Å². The van der Waals surface area contributed by atoms with Crippen molar-refractivity contribution in [2.75, 3.05) is 6.61 Å². The molecule has 3 nitrogen and oxygen atoms in total. The van der Waals surface area contributed by atoms with Crippen LogP contribution in [0.15, 0.2) is 12.2 Å². The van der Waals surface area contributed by atoms with Gasteiger partial charge in [-0.15, -0.1) is 0 Å². The summed E-state index contributed by atoms with van der Waals surface area (Å²) in [6.45, 7) is 20.5. The molecular formula is C14H28O3Si. The highest BCUT2D eigenvalue weighted by Gasteiger charge is 2.38. The quantitative estimate of drug-likeness (QED) is 0.432. The van der Waals surface area contributed by atoms with Crippen LogP contribution in [-0.2, 0) is 14.0 Å². The Morgan fingerprint density at radius 2 is 1.61 bits per heavy atom. The average molecular weight is 272 g/mol. The van der Waals surface area contributed by atoms with E-state index in [4.69, 9.17) is 9.16 Å². The van der Waals surface area contributed by atoms with E-state index in [1.165, 1.54) is 6.92 Å². The van der Waals surface area contributed by atoms with E-state index in [0.717, 1.165) is 5.57 Å². The fourth-order valence-corrected chi connectivity index (χ4v) is 2.06. The lowest BCUT2D eigenvalue weighted by atomic mass is 10.0. The summed E-state index contributed by atoms with van der Waals surface area (Å²) >= 11 is 0. The molecule has 0 aliphatic heterocycles. The van der Waals surface area contributed by atoms with Crippen molar-refractivity contribution in [1.29, 1.82) is 0 Å². The first-order chi connectivity index (χ1) is 7.79. The molecule has 0 fully saturated rings. The Labute approximate surface area is 113 Å². The van der Waals surface area contributed by atoms with Crippen molar-refractivity contribution in [3.05, 3.63) is 12.2 Å². The zero-order valence-corrected chi connectivity index (χ0v) is 14.1. The predicted octanol–water partition coefficient (Wildman–Crippen LogP) is 3.91. The molecule has 0 aromatic rings. The molecule has 18 heavy (non-hydrogen) atoms. The fourth-order valence-electron chi connectivity index (χ4n) is 1.09. The first-order valence-corrected chi connectivity index (χ1v) is 9.22. The Morgan fingerprint density at radius 3 is 1.94 bits per heavy atom. The largest absolute Gasteiger partial charge is 0.455 e. The van der Waals surface area contributed by atoms with Crippen molar-refractivity contribution in [2.45, 2.75) is 65.3 Å². The number of carbonyl (C=O) groups excluding carboxylic acids is 1. The SMILES string of the molecule is C=C(CO[Si](C)(C)C(C)(C)C)C(C)(C)OC(C)=O. The molecule has 0 N–H and O–H groups in total. The lowest BCUT2D eigenvalue weighted by Gasteiger charge is -2.37. The zero-order chi connectivity index (χ0) is 14.8. The number of carbonyl (C=O) groups is 1. The van der Waals surface area contributed by atoms with Crippen molar-refractivity contribution in [3.8, 4) is 0 Å². The molecule has 106 valence electrons. The second-order valence-corrected chi connectivity index (χ2v) is 11.6. The number of ether oxygens (including phenoxy) is 1. The van der Waals surface area contributed by atoms with E-state index in [0.29, 0.717) is 6.61 Å². The Balaban J connectivity index is 4.57. The number of rotatable bonds is 5. The monoisotopic (exact) mass is 272 g/mol. The van der Waals surface area contributed by atoms with Crippen LogP contribution in [0, 0.1) is 0 Å². The highest BCUT2D eigenvalue weighted by molar-refractivity contribution is 6.74. The van der Waals surface area contributed by atoms with Crippen LogP contribution in [0.1, 0.15) is 41.5 Å². The van der Waals surface area contributed by atoms with Crippen LogP contribution in [-0.4, -0.2) is 26.5 Å². The zero-order valence-electron chi connectivity index (χ0n) is 13.1. The highest BCUT2D eigenvalue weighted by Crippen LogP contribution is 2.37. The molecule has 0 saturated heterocycles. The van der Waals surface area contributed by atoms with Crippen LogP contribution in [0.2, 0.25) is 18.1 Å². The summed E-state index contributed by atoms with van der Waals surface area (Å²) in [5.41, 5.74) is 0.122. The van der Waals surface area contributed by atoms with Crippen LogP contribution >= 0.6 is 0 Å². The number of hydrogen-bond acceptors (Lipinski definition) is 3. The van der Waals surface area contributed by atoms with Crippen molar-refractivity contribution < 1.29 is 14.0 Å². The molecule has 0 amide bonds. The summed E-state index contributed by atoms with van der Waals surface area (Å²) in [6.07, 6.45) is 0. The van der Waals surface area contributed by atoms with Gasteiger partial charge in [0.05, 0.1) is 6.61 Å². The minimum Gasteiger partial charge on any atom is -0.455 e. The second-order valence-electron chi connectivity index (χ2n) is 6.76. The maximum Gasteiger partial charge on any atom is 0.303 e. The Bertz CT molecular complexity index is 324. The summed E-state index contributed by atoms with van der Waals surface area (Å²) in [5, 5.41) is 0.166. The van der Waals surface area contributed by atoms with Crippen LogP contribution in [0.5, 0.6) is 0 Å². The average Bonchev–Trinajstić information content (AvgIpc) is 2.10. The van der Waals surface area contributed by atoms with Crippen molar-refractivity contribution in [1.82, 2.24) is 0 Å². The third-order valence-electron chi connectivity index (χ3n) is 3.66. The number of esters is 1. The molecule has 0 aliphatic carbocycles. The van der Waals surface area contributed by atoms with Gasteiger partial charge < -0.3 is 9.16 Å². The van der Waals surface area contributed by atoms with Crippen LogP contribution in [0.25, 0.3) is 0 Å². The second kappa shape index (κ2) is 5.57. The molecule has 0 aliphatic rings. The first-order valence-electron chi connectivity index (χ1n) is 6.31. The summed E-state index contributed by atoms with van der Waals surface area (Å²) in [7, 11) is -1.79. The minimum atomic E-state index is -1.79. The predicted molar refractivity (Wildman–Crippen MR) is 78.1 cm³/mol. The first kappa shape index (κ1) is 17.4.